The summed E-state index contributed by atoms with van der Waals surface area (Å²) in [5.41, 5.74) is 0.321. The summed E-state index contributed by atoms with van der Waals surface area (Å²) in [5.74, 6) is 0. The Balaban J connectivity index is 1.51. The van der Waals surface area contributed by atoms with Gasteiger partial charge in [-0.1, -0.05) is 6.07 Å². The third-order valence-corrected chi connectivity index (χ3v) is 4.80. The Bertz CT molecular complexity index is 413. The molecule has 1 aromatic rings. The Morgan fingerprint density at radius 2 is 2.50 bits per heavy atom. The molecule has 0 aliphatic carbocycles. The Morgan fingerprint density at radius 3 is 3.22 bits per heavy atom. The molecule has 1 unspecified atom stereocenters. The van der Waals surface area contributed by atoms with E-state index in [1.165, 1.54) is 6.42 Å². The molecule has 1 aromatic heterocycles. The lowest BCUT2D eigenvalue weighted by Crippen LogP contribution is -2.33. The van der Waals surface area contributed by atoms with Crippen LogP contribution in [0, 0.1) is 5.41 Å². The predicted molar refractivity (Wildman–Crippen MR) is 70.6 cm³/mol. The maximum absolute atomic E-state index is 12.0. The molecule has 98 valence electrons. The highest BCUT2D eigenvalue weighted by atomic mass is 32.1. The second-order valence-electron chi connectivity index (χ2n) is 5.23. The van der Waals surface area contributed by atoms with E-state index in [9.17, 15) is 4.79 Å². The molecule has 1 atom stereocenters. The van der Waals surface area contributed by atoms with Crippen LogP contribution in [0.5, 0.6) is 0 Å². The zero-order valence-electron chi connectivity index (χ0n) is 10.4. The van der Waals surface area contributed by atoms with Crippen LogP contribution < -0.4 is 5.32 Å². The van der Waals surface area contributed by atoms with Gasteiger partial charge in [-0.15, -0.1) is 11.3 Å². The Morgan fingerprint density at radius 1 is 1.56 bits per heavy atom. The SMILES string of the molecule is O=C(OCc1cccs1)N1CCC2(CCNC2)C1. The fraction of sp³-hybridized carbons (Fsp3) is 0.615. The number of rotatable bonds is 2. The molecule has 3 heterocycles. The molecule has 0 bridgehead atoms. The van der Waals surface area contributed by atoms with E-state index in [1.807, 2.05) is 22.4 Å². The summed E-state index contributed by atoms with van der Waals surface area (Å²) < 4.78 is 5.35. The minimum atomic E-state index is -0.160. The third-order valence-electron chi connectivity index (χ3n) is 3.95. The summed E-state index contributed by atoms with van der Waals surface area (Å²) in [6.45, 7) is 4.21. The molecule has 3 rings (SSSR count). The number of carbonyl (C=O) groups is 1. The van der Waals surface area contributed by atoms with Crippen molar-refractivity contribution in [2.45, 2.75) is 19.4 Å². The molecule has 2 fully saturated rings. The lowest BCUT2D eigenvalue weighted by atomic mass is 9.87. The highest BCUT2D eigenvalue weighted by Crippen LogP contribution is 2.36. The van der Waals surface area contributed by atoms with E-state index in [4.69, 9.17) is 4.74 Å². The minimum absolute atomic E-state index is 0.160. The van der Waals surface area contributed by atoms with Crippen molar-refractivity contribution in [1.82, 2.24) is 10.2 Å². The van der Waals surface area contributed by atoms with E-state index in [1.54, 1.807) is 11.3 Å². The fourth-order valence-corrected chi connectivity index (χ4v) is 3.47. The van der Waals surface area contributed by atoms with Gasteiger partial charge in [-0.3, -0.25) is 0 Å². The van der Waals surface area contributed by atoms with Gasteiger partial charge >= 0.3 is 6.09 Å². The summed E-state index contributed by atoms with van der Waals surface area (Å²) in [6, 6.07) is 3.97. The van der Waals surface area contributed by atoms with Gasteiger partial charge in [-0.25, -0.2) is 4.79 Å². The summed E-state index contributed by atoms with van der Waals surface area (Å²) in [4.78, 5) is 14.9. The van der Waals surface area contributed by atoms with Crippen LogP contribution in [-0.4, -0.2) is 37.2 Å². The molecule has 1 N–H and O–H groups in total. The first-order valence-electron chi connectivity index (χ1n) is 6.42. The van der Waals surface area contributed by atoms with E-state index >= 15 is 0 Å². The quantitative estimate of drug-likeness (QED) is 0.891. The topological polar surface area (TPSA) is 41.6 Å². The molecule has 2 aliphatic heterocycles. The molecule has 0 aromatic carbocycles. The number of amides is 1. The number of carbonyl (C=O) groups excluding carboxylic acids is 1. The Kier molecular flexibility index (Phi) is 3.26. The van der Waals surface area contributed by atoms with Crippen molar-refractivity contribution in [3.8, 4) is 0 Å². The van der Waals surface area contributed by atoms with Crippen molar-refractivity contribution < 1.29 is 9.53 Å². The van der Waals surface area contributed by atoms with Crippen LogP contribution in [0.4, 0.5) is 4.79 Å². The van der Waals surface area contributed by atoms with Gasteiger partial charge in [0.2, 0.25) is 0 Å². The van der Waals surface area contributed by atoms with Gasteiger partial charge in [0.05, 0.1) is 0 Å². The van der Waals surface area contributed by atoms with Crippen LogP contribution in [0.25, 0.3) is 0 Å². The van der Waals surface area contributed by atoms with Crippen LogP contribution in [0.2, 0.25) is 0 Å². The molecule has 1 amide bonds. The number of ether oxygens (including phenoxy) is 1. The van der Waals surface area contributed by atoms with Crippen LogP contribution >= 0.6 is 11.3 Å². The lowest BCUT2D eigenvalue weighted by molar-refractivity contribution is 0.101. The number of thiophene rings is 1. The van der Waals surface area contributed by atoms with Crippen LogP contribution in [0.1, 0.15) is 17.7 Å². The van der Waals surface area contributed by atoms with Crippen molar-refractivity contribution in [2.75, 3.05) is 26.2 Å². The maximum atomic E-state index is 12.0. The first-order valence-corrected chi connectivity index (χ1v) is 7.30. The van der Waals surface area contributed by atoms with E-state index < -0.39 is 0 Å². The number of nitrogens with one attached hydrogen (secondary N) is 1. The van der Waals surface area contributed by atoms with Crippen molar-refractivity contribution in [1.29, 1.82) is 0 Å². The van der Waals surface area contributed by atoms with Gasteiger partial charge in [0, 0.05) is 29.9 Å². The largest absolute Gasteiger partial charge is 0.444 e. The molecule has 0 saturated carbocycles. The molecule has 18 heavy (non-hydrogen) atoms. The fourth-order valence-electron chi connectivity index (χ4n) is 2.85. The number of nitrogens with zero attached hydrogens (tertiary/aromatic N) is 1. The monoisotopic (exact) mass is 266 g/mol. The second kappa shape index (κ2) is 4.90. The average Bonchev–Trinajstić information content (AvgIpc) is 3.10. The van der Waals surface area contributed by atoms with Crippen molar-refractivity contribution in [3.63, 3.8) is 0 Å². The van der Waals surface area contributed by atoms with Crippen LogP contribution in [0.3, 0.4) is 0 Å². The molecule has 5 heteroatoms. The molecule has 2 saturated heterocycles. The Labute approximate surface area is 111 Å². The minimum Gasteiger partial charge on any atom is -0.444 e. The maximum Gasteiger partial charge on any atom is 0.410 e. The standard InChI is InChI=1S/C13H18N2O2S/c16-12(17-8-11-2-1-7-18-11)15-6-4-13(10-15)3-5-14-9-13/h1-2,7,14H,3-6,8-10H2. The van der Waals surface area contributed by atoms with Gasteiger partial charge in [0.25, 0.3) is 0 Å². The van der Waals surface area contributed by atoms with Gasteiger partial charge < -0.3 is 15.0 Å². The molecule has 0 radical (unpaired) electrons. The molecule has 4 nitrogen and oxygen atoms in total. The zero-order valence-corrected chi connectivity index (χ0v) is 11.2. The summed E-state index contributed by atoms with van der Waals surface area (Å²) in [6.07, 6.45) is 2.13. The highest BCUT2D eigenvalue weighted by Gasteiger charge is 2.42. The highest BCUT2D eigenvalue weighted by molar-refractivity contribution is 7.09. The van der Waals surface area contributed by atoms with Crippen molar-refractivity contribution >= 4 is 17.4 Å². The summed E-state index contributed by atoms with van der Waals surface area (Å²) in [7, 11) is 0. The predicted octanol–water partition coefficient (Wildman–Crippen LogP) is 2.07. The van der Waals surface area contributed by atoms with Crippen LogP contribution in [-0.2, 0) is 11.3 Å². The van der Waals surface area contributed by atoms with E-state index in [2.05, 4.69) is 5.32 Å². The normalized spacial score (nSPS) is 27.0. The van der Waals surface area contributed by atoms with E-state index in [-0.39, 0.29) is 6.09 Å². The van der Waals surface area contributed by atoms with Gasteiger partial charge in [0.15, 0.2) is 0 Å². The van der Waals surface area contributed by atoms with Crippen LogP contribution in [0.15, 0.2) is 17.5 Å². The third kappa shape index (κ3) is 2.37. The summed E-state index contributed by atoms with van der Waals surface area (Å²) in [5, 5.41) is 5.39. The van der Waals surface area contributed by atoms with Crippen molar-refractivity contribution in [3.05, 3.63) is 22.4 Å². The molecular formula is C13H18N2O2S. The number of hydrogen-bond donors (Lipinski definition) is 1. The molecular weight excluding hydrogens is 248 g/mol. The van der Waals surface area contributed by atoms with E-state index in [0.717, 1.165) is 37.5 Å². The van der Waals surface area contributed by atoms with Gasteiger partial charge in [-0.2, -0.15) is 0 Å². The zero-order chi connectivity index (χ0) is 12.4. The first kappa shape index (κ1) is 12.0. The van der Waals surface area contributed by atoms with Crippen molar-refractivity contribution in [2.24, 2.45) is 5.41 Å². The second-order valence-corrected chi connectivity index (χ2v) is 6.26. The van der Waals surface area contributed by atoms with Gasteiger partial charge in [0.1, 0.15) is 6.61 Å². The smallest absolute Gasteiger partial charge is 0.410 e. The average molecular weight is 266 g/mol. The molecule has 1 spiro atoms. The van der Waals surface area contributed by atoms with E-state index in [0.29, 0.717) is 12.0 Å². The number of likely N-dealkylation sites (tertiary alicyclic amines) is 1. The summed E-state index contributed by atoms with van der Waals surface area (Å²) >= 11 is 1.62. The first-order chi connectivity index (χ1) is 8.77. The lowest BCUT2D eigenvalue weighted by Gasteiger charge is -2.22. The van der Waals surface area contributed by atoms with Gasteiger partial charge in [-0.05, 0) is 30.8 Å². The molecule has 2 aliphatic rings. The Hall–Kier alpha value is -1.07. The number of hydrogen-bond acceptors (Lipinski definition) is 4.